The third kappa shape index (κ3) is 5.51. The van der Waals surface area contributed by atoms with E-state index in [2.05, 4.69) is 16.9 Å². The molecule has 0 bridgehead atoms. The van der Waals surface area contributed by atoms with Gasteiger partial charge in [0, 0.05) is 18.7 Å². The van der Waals surface area contributed by atoms with Crippen LogP contribution >= 0.6 is 11.8 Å². The zero-order valence-electron chi connectivity index (χ0n) is 17.1. The first kappa shape index (κ1) is 21.6. The molecule has 2 aromatic carbocycles. The number of amides is 2. The highest BCUT2D eigenvalue weighted by Crippen LogP contribution is 2.32. The molecule has 30 heavy (non-hydrogen) atoms. The molecule has 1 heterocycles. The van der Waals surface area contributed by atoms with Crippen LogP contribution in [0.2, 0.25) is 0 Å². The van der Waals surface area contributed by atoms with E-state index in [1.807, 2.05) is 62.4 Å². The van der Waals surface area contributed by atoms with Crippen molar-refractivity contribution in [3.63, 3.8) is 0 Å². The summed E-state index contributed by atoms with van der Waals surface area (Å²) in [5.41, 5.74) is 2.55. The van der Waals surface area contributed by atoms with Crippen molar-refractivity contribution in [3.05, 3.63) is 66.7 Å². The standard InChI is InChI=1S/C23H25N3O3S/c1-4-14-26-22(28)20(15-21(27)24-17-8-6-16(3)7-9-17)30-23(26)25-18-10-12-19(13-11-18)29-5-2/h4,6-13,20H,1,5,14-15H2,2-3H3,(H,24,27)/t20-/m1/s1. The monoisotopic (exact) mass is 423 g/mol. The molecule has 6 nitrogen and oxygen atoms in total. The summed E-state index contributed by atoms with van der Waals surface area (Å²) in [5, 5.41) is 2.90. The van der Waals surface area contributed by atoms with Gasteiger partial charge in [-0.25, -0.2) is 4.99 Å². The Morgan fingerprint density at radius 1 is 1.23 bits per heavy atom. The number of anilines is 1. The Labute approximate surface area is 181 Å². The summed E-state index contributed by atoms with van der Waals surface area (Å²) in [5.74, 6) is 0.430. The Balaban J connectivity index is 1.70. The van der Waals surface area contributed by atoms with Gasteiger partial charge in [0.1, 0.15) is 11.0 Å². The first-order chi connectivity index (χ1) is 14.5. The van der Waals surface area contributed by atoms with Gasteiger partial charge in [-0.3, -0.25) is 14.5 Å². The summed E-state index contributed by atoms with van der Waals surface area (Å²) >= 11 is 1.30. The van der Waals surface area contributed by atoms with E-state index in [0.29, 0.717) is 29.7 Å². The van der Waals surface area contributed by atoms with Gasteiger partial charge < -0.3 is 10.1 Å². The number of aryl methyl sites for hydroxylation is 1. The number of ether oxygens (including phenoxy) is 1. The van der Waals surface area contributed by atoms with Crippen LogP contribution in [0.25, 0.3) is 0 Å². The number of amidine groups is 1. The summed E-state index contributed by atoms with van der Waals surface area (Å²) in [7, 11) is 0. The van der Waals surface area contributed by atoms with Crippen molar-refractivity contribution >= 4 is 40.1 Å². The molecule has 0 aromatic heterocycles. The lowest BCUT2D eigenvalue weighted by Gasteiger charge is -2.14. The minimum Gasteiger partial charge on any atom is -0.494 e. The van der Waals surface area contributed by atoms with Gasteiger partial charge >= 0.3 is 0 Å². The van der Waals surface area contributed by atoms with E-state index >= 15 is 0 Å². The fourth-order valence-electron chi connectivity index (χ4n) is 2.93. The summed E-state index contributed by atoms with van der Waals surface area (Å²) in [4.78, 5) is 31.5. The highest BCUT2D eigenvalue weighted by atomic mass is 32.2. The van der Waals surface area contributed by atoms with Gasteiger partial charge in [0.15, 0.2) is 5.17 Å². The Morgan fingerprint density at radius 2 is 1.93 bits per heavy atom. The van der Waals surface area contributed by atoms with E-state index in [1.165, 1.54) is 11.8 Å². The number of hydrogen-bond donors (Lipinski definition) is 1. The van der Waals surface area contributed by atoms with E-state index in [1.54, 1.807) is 11.0 Å². The van der Waals surface area contributed by atoms with Gasteiger partial charge in [-0.1, -0.05) is 35.5 Å². The van der Waals surface area contributed by atoms with E-state index in [4.69, 9.17) is 4.74 Å². The fourth-order valence-corrected chi connectivity index (χ4v) is 4.10. The predicted octanol–water partition coefficient (Wildman–Crippen LogP) is 4.54. The molecule has 1 N–H and O–H groups in total. The molecule has 1 fully saturated rings. The van der Waals surface area contributed by atoms with Gasteiger partial charge in [-0.05, 0) is 50.2 Å². The lowest BCUT2D eigenvalue weighted by atomic mass is 10.2. The average molecular weight is 424 g/mol. The maximum Gasteiger partial charge on any atom is 0.242 e. The van der Waals surface area contributed by atoms with Crippen LogP contribution in [0.5, 0.6) is 5.75 Å². The zero-order chi connectivity index (χ0) is 21.5. The summed E-state index contributed by atoms with van der Waals surface area (Å²) < 4.78 is 5.45. The van der Waals surface area contributed by atoms with E-state index in [9.17, 15) is 9.59 Å². The first-order valence-corrected chi connectivity index (χ1v) is 10.6. The molecular weight excluding hydrogens is 398 g/mol. The molecule has 0 unspecified atom stereocenters. The van der Waals surface area contributed by atoms with Crippen molar-refractivity contribution < 1.29 is 14.3 Å². The van der Waals surface area contributed by atoms with Crippen molar-refractivity contribution in [1.82, 2.24) is 4.90 Å². The number of rotatable bonds is 8. The maximum absolute atomic E-state index is 12.8. The normalized spacial score (nSPS) is 17.3. The van der Waals surface area contributed by atoms with Gasteiger partial charge in [0.2, 0.25) is 11.8 Å². The smallest absolute Gasteiger partial charge is 0.242 e. The number of carbonyl (C=O) groups is 2. The zero-order valence-corrected chi connectivity index (χ0v) is 17.9. The molecule has 0 spiro atoms. The number of nitrogens with zero attached hydrogens (tertiary/aromatic N) is 2. The molecule has 156 valence electrons. The molecule has 0 saturated carbocycles. The van der Waals surface area contributed by atoms with Gasteiger partial charge in [-0.15, -0.1) is 6.58 Å². The van der Waals surface area contributed by atoms with Gasteiger partial charge in [0.05, 0.1) is 12.3 Å². The van der Waals surface area contributed by atoms with Crippen molar-refractivity contribution in [2.75, 3.05) is 18.5 Å². The molecule has 2 amide bonds. The average Bonchev–Trinajstić information content (AvgIpc) is 3.00. The van der Waals surface area contributed by atoms with Crippen LogP contribution in [0.4, 0.5) is 11.4 Å². The largest absolute Gasteiger partial charge is 0.494 e. The third-order valence-corrected chi connectivity index (χ3v) is 5.59. The van der Waals surface area contributed by atoms with Crippen molar-refractivity contribution in [2.24, 2.45) is 4.99 Å². The van der Waals surface area contributed by atoms with Crippen LogP contribution in [0.15, 0.2) is 66.2 Å². The molecule has 1 saturated heterocycles. The predicted molar refractivity (Wildman–Crippen MR) is 122 cm³/mol. The highest BCUT2D eigenvalue weighted by Gasteiger charge is 2.38. The molecule has 0 aliphatic carbocycles. The van der Waals surface area contributed by atoms with Crippen molar-refractivity contribution in [3.8, 4) is 5.75 Å². The third-order valence-electron chi connectivity index (χ3n) is 4.41. The van der Waals surface area contributed by atoms with Crippen LogP contribution in [0.3, 0.4) is 0 Å². The Morgan fingerprint density at radius 3 is 2.57 bits per heavy atom. The fraction of sp³-hybridized carbons (Fsp3) is 0.261. The summed E-state index contributed by atoms with van der Waals surface area (Å²) in [6.45, 7) is 8.58. The second-order valence-electron chi connectivity index (χ2n) is 6.78. The second kappa shape index (κ2) is 10.1. The number of benzene rings is 2. The minimum absolute atomic E-state index is 0.0767. The quantitative estimate of drug-likeness (QED) is 0.633. The molecule has 1 aliphatic heterocycles. The Bertz CT molecular complexity index is 939. The minimum atomic E-state index is -0.517. The molecule has 0 radical (unpaired) electrons. The van der Waals surface area contributed by atoms with E-state index in [0.717, 1.165) is 11.3 Å². The Kier molecular flexibility index (Phi) is 7.30. The lowest BCUT2D eigenvalue weighted by Crippen LogP contribution is -2.33. The first-order valence-electron chi connectivity index (χ1n) is 9.77. The molecule has 1 aliphatic rings. The maximum atomic E-state index is 12.8. The van der Waals surface area contributed by atoms with Crippen LogP contribution in [-0.2, 0) is 9.59 Å². The highest BCUT2D eigenvalue weighted by molar-refractivity contribution is 8.15. The van der Waals surface area contributed by atoms with Crippen LogP contribution in [-0.4, -0.2) is 40.3 Å². The number of hydrogen-bond acceptors (Lipinski definition) is 5. The topological polar surface area (TPSA) is 71.0 Å². The molecule has 3 rings (SSSR count). The summed E-state index contributed by atoms with van der Waals surface area (Å²) in [6.07, 6.45) is 1.73. The van der Waals surface area contributed by atoms with E-state index in [-0.39, 0.29) is 18.2 Å². The van der Waals surface area contributed by atoms with E-state index < -0.39 is 5.25 Å². The van der Waals surface area contributed by atoms with Gasteiger partial charge in [0.25, 0.3) is 0 Å². The molecule has 2 aromatic rings. The molecule has 1 atom stereocenters. The SMILES string of the molecule is C=CCN1C(=O)[C@@H](CC(=O)Nc2ccc(C)cc2)SC1=Nc1ccc(OCC)cc1. The number of carbonyl (C=O) groups excluding carboxylic acids is 2. The molecular formula is C23H25N3O3S. The van der Waals surface area contributed by atoms with Gasteiger partial charge in [-0.2, -0.15) is 0 Å². The van der Waals surface area contributed by atoms with Crippen molar-refractivity contribution in [1.29, 1.82) is 0 Å². The number of aliphatic imine (C=N–C) groups is 1. The van der Waals surface area contributed by atoms with Crippen LogP contribution in [0.1, 0.15) is 18.9 Å². The number of nitrogens with one attached hydrogen (secondary N) is 1. The lowest BCUT2D eigenvalue weighted by molar-refractivity contribution is -0.127. The summed E-state index contributed by atoms with van der Waals surface area (Å²) in [6, 6.07) is 14.9. The van der Waals surface area contributed by atoms with Crippen LogP contribution in [0, 0.1) is 6.92 Å². The van der Waals surface area contributed by atoms with Crippen molar-refractivity contribution in [2.45, 2.75) is 25.5 Å². The second-order valence-corrected chi connectivity index (χ2v) is 7.95. The molecule has 7 heteroatoms. The Hall–Kier alpha value is -3.06. The van der Waals surface area contributed by atoms with Crippen LogP contribution < -0.4 is 10.1 Å². The number of thioether (sulfide) groups is 1.